The lowest BCUT2D eigenvalue weighted by molar-refractivity contribution is -0.0436. The van der Waals surface area contributed by atoms with Gasteiger partial charge >= 0.3 is 0 Å². The van der Waals surface area contributed by atoms with Gasteiger partial charge in [0.1, 0.15) is 0 Å². The number of hydrogen-bond donors (Lipinski definition) is 0. The van der Waals surface area contributed by atoms with Crippen molar-refractivity contribution in [3.8, 4) is 0 Å². The van der Waals surface area contributed by atoms with Crippen LogP contribution in [-0.2, 0) is 4.74 Å². The Morgan fingerprint density at radius 1 is 1.31 bits per heavy atom. The number of hydrogen-bond acceptors (Lipinski definition) is 1. The summed E-state index contributed by atoms with van der Waals surface area (Å²) in [6, 6.07) is 0. The number of rotatable bonds is 4. The van der Waals surface area contributed by atoms with E-state index < -0.39 is 0 Å². The predicted octanol–water partition coefficient (Wildman–Crippen LogP) is 4.52. The molecule has 0 N–H and O–H groups in total. The summed E-state index contributed by atoms with van der Waals surface area (Å²) in [5, 5.41) is 0.323. The smallest absolute Gasteiger partial charge is 0.0687 e. The van der Waals surface area contributed by atoms with Gasteiger partial charge in [-0.15, -0.1) is 11.6 Å². The Bertz CT molecular complexity index is 223. The zero-order valence-electron chi connectivity index (χ0n) is 10.7. The second-order valence-electron chi connectivity index (χ2n) is 5.81. The molecule has 0 bridgehead atoms. The first kappa shape index (κ1) is 12.7. The molecular formula is C14H25ClO. The Morgan fingerprint density at radius 2 is 2.00 bits per heavy atom. The fraction of sp³-hybridized carbons (Fsp3) is 1.00. The largest absolute Gasteiger partial charge is 0.372 e. The number of alkyl halides is 1. The topological polar surface area (TPSA) is 9.23 Å². The summed E-state index contributed by atoms with van der Waals surface area (Å²) in [5.41, 5.74) is 0.290. The molecule has 1 aliphatic carbocycles. The summed E-state index contributed by atoms with van der Waals surface area (Å²) in [4.78, 5) is 0. The van der Waals surface area contributed by atoms with Gasteiger partial charge in [-0.1, -0.05) is 26.7 Å². The van der Waals surface area contributed by atoms with Gasteiger partial charge in [0.25, 0.3) is 0 Å². The third-order valence-corrected chi connectivity index (χ3v) is 5.23. The molecule has 0 amide bonds. The van der Waals surface area contributed by atoms with E-state index in [1.807, 2.05) is 0 Å². The molecule has 1 saturated carbocycles. The first-order chi connectivity index (χ1) is 7.65. The van der Waals surface area contributed by atoms with Crippen LogP contribution in [0.5, 0.6) is 0 Å². The van der Waals surface area contributed by atoms with Gasteiger partial charge in [0.15, 0.2) is 0 Å². The molecule has 2 fully saturated rings. The molecule has 0 radical (unpaired) electrons. The molecule has 2 rings (SSSR count). The highest BCUT2D eigenvalue weighted by Crippen LogP contribution is 2.44. The van der Waals surface area contributed by atoms with Crippen LogP contribution in [-0.4, -0.2) is 17.1 Å². The minimum absolute atomic E-state index is 0.290. The van der Waals surface area contributed by atoms with Crippen LogP contribution >= 0.6 is 11.6 Å². The van der Waals surface area contributed by atoms with Crippen molar-refractivity contribution < 1.29 is 4.74 Å². The minimum Gasteiger partial charge on any atom is -0.372 e. The fourth-order valence-electron chi connectivity index (χ4n) is 3.41. The van der Waals surface area contributed by atoms with E-state index in [2.05, 4.69) is 13.8 Å². The van der Waals surface area contributed by atoms with E-state index >= 15 is 0 Å². The van der Waals surface area contributed by atoms with Crippen LogP contribution in [0.25, 0.3) is 0 Å². The van der Waals surface area contributed by atoms with Crippen molar-refractivity contribution in [2.24, 2.45) is 5.92 Å². The van der Waals surface area contributed by atoms with E-state index in [1.165, 1.54) is 38.5 Å². The molecule has 0 aromatic rings. The molecule has 1 nitrogen and oxygen atoms in total. The Kier molecular flexibility index (Phi) is 4.18. The van der Waals surface area contributed by atoms with Crippen LogP contribution in [0.2, 0.25) is 0 Å². The zero-order valence-corrected chi connectivity index (χ0v) is 11.4. The van der Waals surface area contributed by atoms with E-state index in [9.17, 15) is 0 Å². The summed E-state index contributed by atoms with van der Waals surface area (Å²) in [7, 11) is 0. The lowest BCUT2D eigenvalue weighted by Crippen LogP contribution is -2.26. The fourth-order valence-corrected chi connectivity index (χ4v) is 3.52. The Morgan fingerprint density at radius 3 is 2.62 bits per heavy atom. The molecule has 0 aromatic carbocycles. The van der Waals surface area contributed by atoms with Crippen molar-refractivity contribution in [2.75, 3.05) is 0 Å². The maximum absolute atomic E-state index is 6.32. The highest BCUT2D eigenvalue weighted by atomic mass is 35.5. The van der Waals surface area contributed by atoms with Gasteiger partial charge in [0.2, 0.25) is 0 Å². The van der Waals surface area contributed by atoms with Gasteiger partial charge in [-0.2, -0.15) is 0 Å². The molecule has 1 heterocycles. The van der Waals surface area contributed by atoms with Crippen molar-refractivity contribution in [2.45, 2.75) is 82.3 Å². The molecular weight excluding hydrogens is 220 g/mol. The Balaban J connectivity index is 1.80. The van der Waals surface area contributed by atoms with Crippen LogP contribution in [0.3, 0.4) is 0 Å². The van der Waals surface area contributed by atoms with Crippen LogP contribution in [0.15, 0.2) is 0 Å². The normalized spacial score (nSPS) is 32.1. The first-order valence-electron chi connectivity index (χ1n) is 6.97. The number of ether oxygens (including phenoxy) is 1. The number of halogens is 1. The maximum atomic E-state index is 6.32. The van der Waals surface area contributed by atoms with E-state index in [0.717, 1.165) is 12.8 Å². The van der Waals surface area contributed by atoms with Gasteiger partial charge in [-0.25, -0.2) is 0 Å². The molecule has 0 aromatic heterocycles. The van der Waals surface area contributed by atoms with Gasteiger partial charge in [-0.3, -0.25) is 0 Å². The third-order valence-electron chi connectivity index (χ3n) is 4.50. The van der Waals surface area contributed by atoms with Crippen LogP contribution in [0.4, 0.5) is 0 Å². The van der Waals surface area contributed by atoms with E-state index in [1.54, 1.807) is 0 Å². The Labute approximate surface area is 105 Å². The van der Waals surface area contributed by atoms with Crippen LogP contribution < -0.4 is 0 Å². The van der Waals surface area contributed by atoms with Crippen molar-refractivity contribution in [1.29, 1.82) is 0 Å². The summed E-state index contributed by atoms with van der Waals surface area (Å²) >= 11 is 6.29. The van der Waals surface area contributed by atoms with Gasteiger partial charge in [-0.05, 0) is 44.4 Å². The average molecular weight is 245 g/mol. The molecule has 1 aliphatic heterocycles. The highest BCUT2D eigenvalue weighted by molar-refractivity contribution is 6.20. The van der Waals surface area contributed by atoms with Gasteiger partial charge in [0.05, 0.1) is 11.7 Å². The first-order valence-corrected chi connectivity index (χ1v) is 7.41. The molecule has 1 saturated heterocycles. The van der Waals surface area contributed by atoms with Gasteiger partial charge < -0.3 is 4.74 Å². The molecule has 1 spiro atoms. The highest BCUT2D eigenvalue weighted by Gasteiger charge is 2.42. The molecule has 3 unspecified atom stereocenters. The monoisotopic (exact) mass is 244 g/mol. The summed E-state index contributed by atoms with van der Waals surface area (Å²) in [6.45, 7) is 4.44. The van der Waals surface area contributed by atoms with Crippen molar-refractivity contribution in [3.63, 3.8) is 0 Å². The van der Waals surface area contributed by atoms with Crippen LogP contribution in [0, 0.1) is 5.92 Å². The average Bonchev–Trinajstić information content (AvgIpc) is 2.89. The van der Waals surface area contributed by atoms with E-state index in [-0.39, 0.29) is 0 Å². The third kappa shape index (κ3) is 2.73. The molecule has 2 heteroatoms. The van der Waals surface area contributed by atoms with Crippen molar-refractivity contribution in [3.05, 3.63) is 0 Å². The van der Waals surface area contributed by atoms with Crippen LogP contribution in [0.1, 0.15) is 65.2 Å². The molecule has 16 heavy (non-hydrogen) atoms. The SMILES string of the molecule is CCC(Cl)C(C)CC1CCC2(CCCC2)O1. The van der Waals surface area contributed by atoms with E-state index in [0.29, 0.717) is 23.0 Å². The molecule has 94 valence electrons. The zero-order chi connectivity index (χ0) is 11.6. The van der Waals surface area contributed by atoms with Gasteiger partial charge in [0, 0.05) is 5.38 Å². The lowest BCUT2D eigenvalue weighted by atomic mass is 9.95. The summed E-state index contributed by atoms with van der Waals surface area (Å²) < 4.78 is 6.32. The van der Waals surface area contributed by atoms with Crippen molar-refractivity contribution in [1.82, 2.24) is 0 Å². The quantitative estimate of drug-likeness (QED) is 0.661. The van der Waals surface area contributed by atoms with E-state index in [4.69, 9.17) is 16.3 Å². The lowest BCUT2D eigenvalue weighted by Gasteiger charge is -2.26. The predicted molar refractivity (Wildman–Crippen MR) is 69.0 cm³/mol. The van der Waals surface area contributed by atoms with Crippen molar-refractivity contribution >= 4 is 11.6 Å². The minimum atomic E-state index is 0.290. The maximum Gasteiger partial charge on any atom is 0.0687 e. The second kappa shape index (κ2) is 5.27. The molecule has 2 aliphatic rings. The molecule has 3 atom stereocenters. The summed E-state index contributed by atoms with van der Waals surface area (Å²) in [6.07, 6.45) is 10.6. The standard InChI is InChI=1S/C14H25ClO/c1-3-13(15)11(2)10-12-6-9-14(16-12)7-4-5-8-14/h11-13H,3-10H2,1-2H3. The second-order valence-corrected chi connectivity index (χ2v) is 6.37. The summed E-state index contributed by atoms with van der Waals surface area (Å²) in [5.74, 6) is 0.591. The Hall–Kier alpha value is 0.250.